The first kappa shape index (κ1) is 10.8. The van der Waals surface area contributed by atoms with Gasteiger partial charge in [-0.05, 0) is 12.8 Å². The van der Waals surface area contributed by atoms with Crippen molar-refractivity contribution < 1.29 is 4.74 Å². The van der Waals surface area contributed by atoms with Crippen LogP contribution in [0.4, 0.5) is 5.13 Å². The van der Waals surface area contributed by atoms with E-state index in [1.165, 1.54) is 25.7 Å². The minimum Gasteiger partial charge on any atom is -0.374 e. The third kappa shape index (κ3) is 1.94. The van der Waals surface area contributed by atoms with Crippen LogP contribution in [0.1, 0.15) is 25.7 Å². The van der Waals surface area contributed by atoms with Gasteiger partial charge in [0, 0.05) is 11.9 Å². The predicted molar refractivity (Wildman–Crippen MR) is 66.5 cm³/mol. The molecule has 2 heterocycles. The molecule has 1 saturated heterocycles. The molecule has 1 aliphatic heterocycles. The number of ether oxygens (including phenoxy) is 1. The topological polar surface area (TPSA) is 25.4 Å². The van der Waals surface area contributed by atoms with E-state index in [-0.39, 0.29) is 0 Å². The zero-order valence-corrected chi connectivity index (χ0v) is 10.6. The molecule has 1 aromatic rings. The average Bonchev–Trinajstić information content (AvgIpc) is 2.75. The minimum absolute atomic E-state index is 0.408. The van der Waals surface area contributed by atoms with Gasteiger partial charge in [0.2, 0.25) is 0 Å². The summed E-state index contributed by atoms with van der Waals surface area (Å²) >= 11 is 7.54. The number of aromatic nitrogens is 1. The lowest BCUT2D eigenvalue weighted by Crippen LogP contribution is -2.52. The summed E-state index contributed by atoms with van der Waals surface area (Å²) in [4.78, 5) is 6.77. The highest BCUT2D eigenvalue weighted by atomic mass is 35.5. The van der Waals surface area contributed by atoms with Crippen LogP contribution in [-0.2, 0) is 4.74 Å². The first-order chi connectivity index (χ1) is 7.84. The zero-order chi connectivity index (χ0) is 11.0. The van der Waals surface area contributed by atoms with E-state index in [1.807, 2.05) is 5.38 Å². The van der Waals surface area contributed by atoms with Crippen LogP contribution >= 0.6 is 22.9 Å². The Hall–Kier alpha value is -0.320. The van der Waals surface area contributed by atoms with E-state index >= 15 is 0 Å². The van der Waals surface area contributed by atoms with Gasteiger partial charge in [0.25, 0.3) is 0 Å². The van der Waals surface area contributed by atoms with Crippen molar-refractivity contribution in [1.82, 2.24) is 4.98 Å². The number of hydrogen-bond acceptors (Lipinski definition) is 4. The standard InChI is InChI=1S/C11H15ClN2OS/c12-10-7-16-11(13-10)14-5-6-15-9-4-2-1-3-8(9)14/h7-9H,1-6H2. The molecule has 1 saturated carbocycles. The van der Waals surface area contributed by atoms with Gasteiger partial charge in [0.1, 0.15) is 5.15 Å². The summed E-state index contributed by atoms with van der Waals surface area (Å²) < 4.78 is 5.84. The van der Waals surface area contributed by atoms with Gasteiger partial charge in [-0.1, -0.05) is 24.4 Å². The Morgan fingerprint density at radius 2 is 2.31 bits per heavy atom. The van der Waals surface area contributed by atoms with E-state index in [4.69, 9.17) is 16.3 Å². The number of halogens is 1. The highest BCUT2D eigenvalue weighted by Crippen LogP contribution is 2.34. The Balaban J connectivity index is 1.82. The Labute approximate surface area is 104 Å². The van der Waals surface area contributed by atoms with E-state index in [0.717, 1.165) is 18.3 Å². The molecule has 3 rings (SSSR count). The lowest BCUT2D eigenvalue weighted by Gasteiger charge is -2.43. The monoisotopic (exact) mass is 258 g/mol. The lowest BCUT2D eigenvalue weighted by atomic mass is 9.90. The Morgan fingerprint density at radius 1 is 1.44 bits per heavy atom. The first-order valence-electron chi connectivity index (χ1n) is 5.84. The number of nitrogens with zero attached hydrogens (tertiary/aromatic N) is 2. The van der Waals surface area contributed by atoms with Crippen LogP contribution in [0, 0.1) is 0 Å². The van der Waals surface area contributed by atoms with Crippen LogP contribution in [-0.4, -0.2) is 30.3 Å². The smallest absolute Gasteiger partial charge is 0.187 e. The maximum absolute atomic E-state index is 5.90. The summed E-state index contributed by atoms with van der Waals surface area (Å²) in [5, 5.41) is 3.58. The molecule has 16 heavy (non-hydrogen) atoms. The molecule has 2 aliphatic rings. The predicted octanol–water partition coefficient (Wildman–Crippen LogP) is 2.94. The molecule has 1 aromatic heterocycles. The molecule has 0 amide bonds. The van der Waals surface area contributed by atoms with Gasteiger partial charge in [0.05, 0.1) is 18.8 Å². The van der Waals surface area contributed by atoms with Crippen molar-refractivity contribution in [2.75, 3.05) is 18.1 Å². The second-order valence-corrected chi connectivity index (χ2v) is 5.63. The van der Waals surface area contributed by atoms with E-state index in [0.29, 0.717) is 17.3 Å². The second kappa shape index (κ2) is 4.51. The highest BCUT2D eigenvalue weighted by molar-refractivity contribution is 7.14. The van der Waals surface area contributed by atoms with E-state index in [2.05, 4.69) is 9.88 Å². The van der Waals surface area contributed by atoms with Crippen LogP contribution in [0.25, 0.3) is 0 Å². The van der Waals surface area contributed by atoms with Crippen LogP contribution in [0.3, 0.4) is 0 Å². The highest BCUT2D eigenvalue weighted by Gasteiger charge is 2.35. The van der Waals surface area contributed by atoms with Crippen LogP contribution < -0.4 is 4.90 Å². The van der Waals surface area contributed by atoms with E-state index < -0.39 is 0 Å². The molecule has 0 aromatic carbocycles. The zero-order valence-electron chi connectivity index (χ0n) is 9.06. The van der Waals surface area contributed by atoms with Crippen molar-refractivity contribution in [3.8, 4) is 0 Å². The molecule has 2 fully saturated rings. The largest absolute Gasteiger partial charge is 0.374 e. The number of morpholine rings is 1. The summed E-state index contributed by atoms with van der Waals surface area (Å²) in [6, 6.07) is 0.518. The molecule has 5 heteroatoms. The van der Waals surface area contributed by atoms with Crippen molar-refractivity contribution in [2.24, 2.45) is 0 Å². The van der Waals surface area contributed by atoms with Gasteiger partial charge in [-0.2, -0.15) is 0 Å². The molecule has 3 nitrogen and oxygen atoms in total. The van der Waals surface area contributed by atoms with Crippen LogP contribution in [0.2, 0.25) is 5.15 Å². The van der Waals surface area contributed by atoms with Gasteiger partial charge < -0.3 is 9.64 Å². The number of thiazole rings is 1. The van der Waals surface area contributed by atoms with Gasteiger partial charge in [0.15, 0.2) is 5.13 Å². The van der Waals surface area contributed by atoms with Gasteiger partial charge >= 0.3 is 0 Å². The van der Waals surface area contributed by atoms with E-state index in [9.17, 15) is 0 Å². The Morgan fingerprint density at radius 3 is 3.12 bits per heavy atom. The van der Waals surface area contributed by atoms with Crippen molar-refractivity contribution in [3.05, 3.63) is 10.5 Å². The van der Waals surface area contributed by atoms with Crippen molar-refractivity contribution in [1.29, 1.82) is 0 Å². The Kier molecular flexibility index (Phi) is 3.05. The number of fused-ring (bicyclic) bond motifs is 1. The quantitative estimate of drug-likeness (QED) is 0.775. The fraction of sp³-hybridized carbons (Fsp3) is 0.727. The maximum atomic E-state index is 5.90. The molecule has 88 valence electrons. The van der Waals surface area contributed by atoms with Crippen molar-refractivity contribution in [2.45, 2.75) is 37.8 Å². The molecule has 0 radical (unpaired) electrons. The summed E-state index contributed by atoms with van der Waals surface area (Å²) in [6.07, 6.45) is 5.43. The second-order valence-electron chi connectivity index (χ2n) is 4.41. The minimum atomic E-state index is 0.408. The van der Waals surface area contributed by atoms with Crippen LogP contribution in [0.15, 0.2) is 5.38 Å². The SMILES string of the molecule is Clc1csc(N2CCOC3CCCCC32)n1. The molecule has 0 spiro atoms. The molecule has 2 atom stereocenters. The maximum Gasteiger partial charge on any atom is 0.187 e. The lowest BCUT2D eigenvalue weighted by molar-refractivity contribution is -0.00868. The van der Waals surface area contributed by atoms with Crippen molar-refractivity contribution in [3.63, 3.8) is 0 Å². The van der Waals surface area contributed by atoms with Gasteiger partial charge in [-0.15, -0.1) is 11.3 Å². The number of hydrogen-bond donors (Lipinski definition) is 0. The van der Waals surface area contributed by atoms with E-state index in [1.54, 1.807) is 11.3 Å². The van der Waals surface area contributed by atoms with Crippen LogP contribution in [0.5, 0.6) is 0 Å². The molecular formula is C11H15ClN2OS. The third-order valence-electron chi connectivity index (χ3n) is 3.44. The first-order valence-corrected chi connectivity index (χ1v) is 7.09. The molecule has 1 aliphatic carbocycles. The normalized spacial score (nSPS) is 30.2. The van der Waals surface area contributed by atoms with Gasteiger partial charge in [-0.25, -0.2) is 4.98 Å². The summed E-state index contributed by atoms with van der Waals surface area (Å²) in [5.41, 5.74) is 0. The average molecular weight is 259 g/mol. The molecule has 2 unspecified atom stereocenters. The van der Waals surface area contributed by atoms with Gasteiger partial charge in [-0.3, -0.25) is 0 Å². The fourth-order valence-electron chi connectivity index (χ4n) is 2.71. The number of rotatable bonds is 1. The molecular weight excluding hydrogens is 244 g/mol. The summed E-state index contributed by atoms with van der Waals surface area (Å²) in [7, 11) is 0. The fourth-order valence-corrected chi connectivity index (χ4v) is 3.74. The summed E-state index contributed by atoms with van der Waals surface area (Å²) in [6.45, 7) is 1.77. The summed E-state index contributed by atoms with van der Waals surface area (Å²) in [5.74, 6) is 0. The molecule has 0 N–H and O–H groups in total. The molecule has 0 bridgehead atoms. The van der Waals surface area contributed by atoms with Crippen molar-refractivity contribution >= 4 is 28.1 Å². The number of anilines is 1. The Bertz CT molecular complexity index is 369. The third-order valence-corrected chi connectivity index (χ3v) is 4.64.